The van der Waals surface area contributed by atoms with Crippen molar-refractivity contribution in [3.8, 4) is 11.5 Å². The Balaban J connectivity index is 1.84. The number of nitrogens with zero attached hydrogens (tertiary/aromatic N) is 1. The van der Waals surface area contributed by atoms with Gasteiger partial charge in [0.2, 0.25) is 0 Å². The Labute approximate surface area is 193 Å². The van der Waals surface area contributed by atoms with Gasteiger partial charge in [0.1, 0.15) is 11.5 Å². The number of carbonyl (C=O) groups excluding carboxylic acids is 1. The summed E-state index contributed by atoms with van der Waals surface area (Å²) in [7, 11) is 0. The van der Waals surface area contributed by atoms with Crippen molar-refractivity contribution in [2.24, 2.45) is 5.92 Å². The average Bonchev–Trinajstić information content (AvgIpc) is 3.10. The molecule has 0 radical (unpaired) electrons. The molecular weight excluding hydrogens is 418 g/mol. The highest BCUT2D eigenvalue weighted by Gasteiger charge is 2.37. The van der Waals surface area contributed by atoms with Crippen LogP contribution in [-0.4, -0.2) is 29.7 Å². The number of benzene rings is 3. The molecule has 4 rings (SSSR count). The number of carboxylic acid groups (broad SMARTS) is 1. The lowest BCUT2D eigenvalue weighted by Gasteiger charge is -2.20. The lowest BCUT2D eigenvalue weighted by molar-refractivity contribution is -0.136. The Morgan fingerprint density at radius 1 is 1.00 bits per heavy atom. The van der Waals surface area contributed by atoms with E-state index in [0.717, 1.165) is 22.1 Å². The highest BCUT2D eigenvalue weighted by molar-refractivity contribution is 6.16. The number of carboxylic acids is 1. The van der Waals surface area contributed by atoms with Crippen LogP contribution in [0.1, 0.15) is 49.2 Å². The maximum atomic E-state index is 13.7. The molecule has 0 spiro atoms. The van der Waals surface area contributed by atoms with Gasteiger partial charge in [0, 0.05) is 22.0 Å². The van der Waals surface area contributed by atoms with Gasteiger partial charge in [-0.25, -0.2) is 0 Å². The van der Waals surface area contributed by atoms with E-state index in [4.69, 9.17) is 14.6 Å². The van der Waals surface area contributed by atoms with E-state index in [1.807, 2.05) is 38.1 Å². The summed E-state index contributed by atoms with van der Waals surface area (Å²) in [5, 5.41) is 10.8. The third kappa shape index (κ3) is 4.51. The van der Waals surface area contributed by atoms with Crippen LogP contribution in [0.25, 0.3) is 10.8 Å². The molecule has 0 aliphatic carbocycles. The minimum absolute atomic E-state index is 0.0561. The Morgan fingerprint density at radius 3 is 2.21 bits per heavy atom. The van der Waals surface area contributed by atoms with Crippen LogP contribution in [-0.2, 0) is 17.8 Å². The van der Waals surface area contributed by atoms with E-state index >= 15 is 0 Å². The van der Waals surface area contributed by atoms with Gasteiger partial charge < -0.3 is 19.5 Å². The summed E-state index contributed by atoms with van der Waals surface area (Å²) in [5.74, 6) is 0.612. The molecule has 0 fully saturated rings. The normalized spacial score (nSPS) is 13.2. The molecule has 0 atom stereocenters. The van der Waals surface area contributed by atoms with Crippen LogP contribution >= 0.6 is 0 Å². The summed E-state index contributed by atoms with van der Waals surface area (Å²) >= 11 is 0. The molecule has 3 aromatic carbocycles. The molecule has 6 nitrogen and oxygen atoms in total. The number of rotatable bonds is 8. The highest BCUT2D eigenvalue weighted by atomic mass is 16.5. The average molecular weight is 448 g/mol. The molecule has 0 bridgehead atoms. The topological polar surface area (TPSA) is 76.1 Å². The van der Waals surface area contributed by atoms with Crippen LogP contribution in [0.3, 0.4) is 0 Å². The van der Waals surface area contributed by atoms with Crippen molar-refractivity contribution < 1.29 is 24.2 Å². The van der Waals surface area contributed by atoms with Gasteiger partial charge in [0.05, 0.1) is 31.2 Å². The number of ether oxygens (including phenoxy) is 2. The molecule has 6 heteroatoms. The van der Waals surface area contributed by atoms with Crippen LogP contribution in [0.2, 0.25) is 0 Å². The number of hydrogen-bond donors (Lipinski definition) is 1. The van der Waals surface area contributed by atoms with Gasteiger partial charge in [-0.2, -0.15) is 0 Å². The quantitative estimate of drug-likeness (QED) is 0.497. The summed E-state index contributed by atoms with van der Waals surface area (Å²) in [6.45, 7) is 8.98. The number of hydrogen-bond acceptors (Lipinski definition) is 4. The van der Waals surface area contributed by atoms with Crippen molar-refractivity contribution in [1.29, 1.82) is 0 Å². The van der Waals surface area contributed by atoms with E-state index in [2.05, 4.69) is 13.8 Å². The highest BCUT2D eigenvalue weighted by Crippen LogP contribution is 2.46. The molecule has 1 heterocycles. The Bertz CT molecular complexity index is 1200. The standard InChI is InChI=1S/C27H29NO5/c1-16(2)15-32-25-20-7-5-6-8-21(20)26(33-17(3)4)24-22(25)14-28(27(24)31)19-11-9-18(10-12-19)13-23(29)30/h5-12,16-17H,13-15H2,1-4H3,(H,29,30). The molecule has 1 amide bonds. The summed E-state index contributed by atoms with van der Waals surface area (Å²) < 4.78 is 12.5. The van der Waals surface area contributed by atoms with E-state index in [1.54, 1.807) is 29.2 Å². The third-order valence-electron chi connectivity index (χ3n) is 5.51. The first kappa shape index (κ1) is 22.6. The summed E-state index contributed by atoms with van der Waals surface area (Å²) in [6, 6.07) is 14.9. The molecule has 1 aliphatic rings. The van der Waals surface area contributed by atoms with Gasteiger partial charge in [-0.1, -0.05) is 50.2 Å². The second-order valence-corrected chi connectivity index (χ2v) is 9.06. The predicted octanol–water partition coefficient (Wildman–Crippen LogP) is 5.45. The maximum Gasteiger partial charge on any atom is 0.307 e. The molecule has 172 valence electrons. The lowest BCUT2D eigenvalue weighted by Crippen LogP contribution is -2.23. The molecule has 1 N–H and O–H groups in total. The largest absolute Gasteiger partial charge is 0.492 e. The molecule has 0 unspecified atom stereocenters. The number of anilines is 1. The zero-order valence-electron chi connectivity index (χ0n) is 19.4. The Kier molecular flexibility index (Phi) is 6.27. The van der Waals surface area contributed by atoms with Crippen molar-refractivity contribution >= 4 is 28.3 Å². The molecule has 3 aromatic rings. The zero-order chi connectivity index (χ0) is 23.7. The minimum Gasteiger partial charge on any atom is -0.492 e. The number of aliphatic carboxylic acids is 1. The van der Waals surface area contributed by atoms with Gasteiger partial charge in [-0.05, 0) is 37.5 Å². The van der Waals surface area contributed by atoms with Crippen LogP contribution in [0, 0.1) is 5.92 Å². The zero-order valence-corrected chi connectivity index (χ0v) is 19.4. The molecule has 1 aliphatic heterocycles. The summed E-state index contributed by atoms with van der Waals surface area (Å²) in [5.41, 5.74) is 2.76. The summed E-state index contributed by atoms with van der Waals surface area (Å²) in [6.07, 6.45) is -0.156. The molecule has 0 saturated heterocycles. The van der Waals surface area contributed by atoms with Gasteiger partial charge >= 0.3 is 5.97 Å². The van der Waals surface area contributed by atoms with Gasteiger partial charge in [0.15, 0.2) is 0 Å². The Hall–Kier alpha value is -3.54. The minimum atomic E-state index is -0.887. The smallest absolute Gasteiger partial charge is 0.307 e. The van der Waals surface area contributed by atoms with Crippen LogP contribution in [0.5, 0.6) is 11.5 Å². The second-order valence-electron chi connectivity index (χ2n) is 9.06. The fraction of sp³-hybridized carbons (Fsp3) is 0.333. The number of fused-ring (bicyclic) bond motifs is 2. The SMILES string of the molecule is CC(C)COc1c2c(c(OC(C)C)c3ccccc13)C(=O)N(c1ccc(CC(=O)O)cc1)C2. The fourth-order valence-corrected chi connectivity index (χ4v) is 4.12. The fourth-order valence-electron chi connectivity index (χ4n) is 4.12. The van der Waals surface area contributed by atoms with E-state index in [-0.39, 0.29) is 18.4 Å². The number of amides is 1. The van der Waals surface area contributed by atoms with Gasteiger partial charge in [0.25, 0.3) is 5.91 Å². The first-order chi connectivity index (χ1) is 15.8. The molecule has 0 saturated carbocycles. The van der Waals surface area contributed by atoms with Crippen molar-refractivity contribution in [3.63, 3.8) is 0 Å². The summed E-state index contributed by atoms with van der Waals surface area (Å²) in [4.78, 5) is 26.4. The molecule has 33 heavy (non-hydrogen) atoms. The van der Waals surface area contributed by atoms with Crippen molar-refractivity contribution in [2.45, 2.75) is 46.8 Å². The molecular formula is C27H29NO5. The Morgan fingerprint density at radius 2 is 1.64 bits per heavy atom. The van der Waals surface area contributed by atoms with Crippen molar-refractivity contribution in [3.05, 3.63) is 65.2 Å². The molecule has 0 aromatic heterocycles. The second kappa shape index (κ2) is 9.14. The van der Waals surface area contributed by atoms with Crippen molar-refractivity contribution in [1.82, 2.24) is 0 Å². The van der Waals surface area contributed by atoms with E-state index in [0.29, 0.717) is 41.6 Å². The van der Waals surface area contributed by atoms with Crippen LogP contribution < -0.4 is 14.4 Å². The third-order valence-corrected chi connectivity index (χ3v) is 5.51. The predicted molar refractivity (Wildman–Crippen MR) is 128 cm³/mol. The van der Waals surface area contributed by atoms with Crippen LogP contribution in [0.4, 0.5) is 5.69 Å². The van der Waals surface area contributed by atoms with Gasteiger partial charge in [-0.15, -0.1) is 0 Å². The van der Waals surface area contributed by atoms with E-state index in [9.17, 15) is 9.59 Å². The van der Waals surface area contributed by atoms with Crippen LogP contribution in [0.15, 0.2) is 48.5 Å². The van der Waals surface area contributed by atoms with E-state index in [1.165, 1.54) is 0 Å². The van der Waals surface area contributed by atoms with Gasteiger partial charge in [-0.3, -0.25) is 9.59 Å². The van der Waals surface area contributed by atoms with Crippen molar-refractivity contribution in [2.75, 3.05) is 11.5 Å². The first-order valence-corrected chi connectivity index (χ1v) is 11.3. The monoisotopic (exact) mass is 447 g/mol. The first-order valence-electron chi connectivity index (χ1n) is 11.3. The number of carbonyl (C=O) groups is 2. The maximum absolute atomic E-state index is 13.7. The lowest BCUT2D eigenvalue weighted by atomic mass is 9.99. The van der Waals surface area contributed by atoms with E-state index < -0.39 is 5.97 Å².